The molecule has 0 saturated carbocycles. The Balaban J connectivity index is 2.81. The summed E-state index contributed by atoms with van der Waals surface area (Å²) in [5.74, 6) is 0. The minimum Gasteiger partial charge on any atom is -0.313 e. The van der Waals surface area contributed by atoms with Crippen molar-refractivity contribution in [1.82, 2.24) is 10.3 Å². The van der Waals surface area contributed by atoms with Crippen molar-refractivity contribution in [3.63, 3.8) is 0 Å². The van der Waals surface area contributed by atoms with Gasteiger partial charge in [-0.2, -0.15) is 0 Å². The minimum absolute atomic E-state index is 0.400. The van der Waals surface area contributed by atoms with E-state index < -0.39 is 0 Å². The zero-order valence-electron chi connectivity index (χ0n) is 10.8. The molecule has 0 aliphatic carbocycles. The van der Waals surface area contributed by atoms with E-state index in [0.717, 1.165) is 24.2 Å². The number of aryl methyl sites for hydroxylation is 2. The Kier molecular flexibility index (Phi) is 4.69. The van der Waals surface area contributed by atoms with Crippen LogP contribution in [0.15, 0.2) is 24.3 Å². The summed E-state index contributed by atoms with van der Waals surface area (Å²) in [6, 6.07) is 4.72. The second-order valence-electron chi connectivity index (χ2n) is 4.52. The van der Waals surface area contributed by atoms with Crippen LogP contribution in [-0.4, -0.2) is 12.0 Å². The van der Waals surface area contributed by atoms with E-state index in [9.17, 15) is 0 Å². The van der Waals surface area contributed by atoms with E-state index in [1.54, 1.807) is 0 Å². The second kappa shape index (κ2) is 5.80. The summed E-state index contributed by atoms with van der Waals surface area (Å²) in [7, 11) is 2.01. The molecule has 0 spiro atoms. The molecule has 1 aromatic rings. The van der Waals surface area contributed by atoms with Crippen LogP contribution in [0.25, 0.3) is 0 Å². The molecule has 0 radical (unpaired) electrons. The summed E-state index contributed by atoms with van der Waals surface area (Å²) in [5, 5.41) is 3.36. The number of nitrogens with zero attached hydrogens (tertiary/aromatic N) is 1. The van der Waals surface area contributed by atoms with Crippen molar-refractivity contribution in [2.24, 2.45) is 0 Å². The predicted molar refractivity (Wildman–Crippen MR) is 69.6 cm³/mol. The van der Waals surface area contributed by atoms with Gasteiger partial charge in [0, 0.05) is 17.4 Å². The topological polar surface area (TPSA) is 24.9 Å². The standard InChI is InChI=1S/C14H22N2/c1-10(2)6-7-14(15-5)13-8-11(3)16-12(4)9-13/h8-9,14-15H,1,6-7H2,2-5H3. The van der Waals surface area contributed by atoms with Crippen LogP contribution in [-0.2, 0) is 0 Å². The molecular weight excluding hydrogens is 196 g/mol. The molecule has 2 nitrogen and oxygen atoms in total. The SMILES string of the molecule is C=C(C)CCC(NC)c1cc(C)nc(C)c1. The Labute approximate surface area is 98.8 Å². The van der Waals surface area contributed by atoms with Crippen LogP contribution in [0.3, 0.4) is 0 Å². The number of allylic oxidation sites excluding steroid dienone is 1. The van der Waals surface area contributed by atoms with Crippen molar-refractivity contribution in [3.05, 3.63) is 41.2 Å². The van der Waals surface area contributed by atoms with E-state index in [-0.39, 0.29) is 0 Å². The van der Waals surface area contributed by atoms with Gasteiger partial charge < -0.3 is 5.32 Å². The smallest absolute Gasteiger partial charge is 0.0379 e. The van der Waals surface area contributed by atoms with Gasteiger partial charge in [0.1, 0.15) is 0 Å². The summed E-state index contributed by atoms with van der Waals surface area (Å²) < 4.78 is 0. The van der Waals surface area contributed by atoms with Crippen LogP contribution in [0.1, 0.15) is 42.8 Å². The van der Waals surface area contributed by atoms with Gasteiger partial charge in [0.2, 0.25) is 0 Å². The molecule has 1 atom stereocenters. The molecule has 0 bridgehead atoms. The van der Waals surface area contributed by atoms with Crippen molar-refractivity contribution in [3.8, 4) is 0 Å². The van der Waals surface area contributed by atoms with Gasteiger partial charge in [0.25, 0.3) is 0 Å². The summed E-state index contributed by atoms with van der Waals surface area (Å²) in [6.45, 7) is 10.1. The molecule has 0 aliphatic rings. The lowest BCUT2D eigenvalue weighted by atomic mass is 9.99. The van der Waals surface area contributed by atoms with E-state index in [1.807, 2.05) is 20.9 Å². The molecule has 0 fully saturated rings. The Morgan fingerprint density at radius 3 is 2.38 bits per heavy atom. The molecule has 0 aromatic carbocycles. The number of nitrogens with one attached hydrogen (secondary N) is 1. The number of hydrogen-bond acceptors (Lipinski definition) is 2. The van der Waals surface area contributed by atoms with Gasteiger partial charge in [-0.05, 0) is 58.4 Å². The third-order valence-electron chi connectivity index (χ3n) is 2.71. The number of pyridine rings is 1. The van der Waals surface area contributed by atoms with E-state index >= 15 is 0 Å². The van der Waals surface area contributed by atoms with Gasteiger partial charge in [-0.15, -0.1) is 6.58 Å². The van der Waals surface area contributed by atoms with Crippen LogP contribution in [0.2, 0.25) is 0 Å². The largest absolute Gasteiger partial charge is 0.313 e. The Bertz CT molecular complexity index is 349. The van der Waals surface area contributed by atoms with Gasteiger partial charge in [-0.3, -0.25) is 4.98 Å². The van der Waals surface area contributed by atoms with Gasteiger partial charge in [-0.25, -0.2) is 0 Å². The highest BCUT2D eigenvalue weighted by Gasteiger charge is 2.10. The second-order valence-corrected chi connectivity index (χ2v) is 4.52. The van der Waals surface area contributed by atoms with Crippen LogP contribution >= 0.6 is 0 Å². The molecule has 1 aromatic heterocycles. The summed E-state index contributed by atoms with van der Waals surface area (Å²) in [4.78, 5) is 4.40. The van der Waals surface area contributed by atoms with Crippen molar-refractivity contribution in [2.45, 2.75) is 39.7 Å². The maximum Gasteiger partial charge on any atom is 0.0379 e. The third-order valence-corrected chi connectivity index (χ3v) is 2.71. The van der Waals surface area contributed by atoms with Gasteiger partial charge in [0.15, 0.2) is 0 Å². The normalized spacial score (nSPS) is 12.5. The monoisotopic (exact) mass is 218 g/mol. The van der Waals surface area contributed by atoms with E-state index in [0.29, 0.717) is 6.04 Å². The summed E-state index contributed by atoms with van der Waals surface area (Å²) in [5.41, 5.74) is 4.74. The molecular formula is C14H22N2. The first-order chi connectivity index (χ1) is 7.52. The fourth-order valence-electron chi connectivity index (χ4n) is 1.94. The molecule has 1 rings (SSSR count). The van der Waals surface area contributed by atoms with Crippen LogP contribution in [0, 0.1) is 13.8 Å². The Morgan fingerprint density at radius 1 is 1.38 bits per heavy atom. The van der Waals surface area contributed by atoms with Crippen molar-refractivity contribution >= 4 is 0 Å². The fraction of sp³-hybridized carbons (Fsp3) is 0.500. The van der Waals surface area contributed by atoms with Crippen LogP contribution in [0.4, 0.5) is 0 Å². The lowest BCUT2D eigenvalue weighted by Gasteiger charge is -2.17. The average Bonchev–Trinajstić information content (AvgIpc) is 2.16. The first-order valence-electron chi connectivity index (χ1n) is 5.79. The van der Waals surface area contributed by atoms with E-state index in [2.05, 4.69) is 35.9 Å². The Morgan fingerprint density at radius 2 is 1.94 bits per heavy atom. The zero-order chi connectivity index (χ0) is 12.1. The highest BCUT2D eigenvalue weighted by molar-refractivity contribution is 5.23. The van der Waals surface area contributed by atoms with E-state index in [1.165, 1.54) is 11.1 Å². The lowest BCUT2D eigenvalue weighted by molar-refractivity contribution is 0.547. The highest BCUT2D eigenvalue weighted by atomic mass is 14.9. The predicted octanol–water partition coefficient (Wildman–Crippen LogP) is 3.32. The van der Waals surface area contributed by atoms with Gasteiger partial charge in [0.05, 0.1) is 0 Å². The summed E-state index contributed by atoms with van der Waals surface area (Å²) in [6.07, 6.45) is 2.15. The molecule has 1 unspecified atom stereocenters. The molecule has 0 aliphatic heterocycles. The summed E-state index contributed by atoms with van der Waals surface area (Å²) >= 11 is 0. The molecule has 1 N–H and O–H groups in total. The number of rotatable bonds is 5. The van der Waals surface area contributed by atoms with Crippen LogP contribution < -0.4 is 5.32 Å². The molecule has 16 heavy (non-hydrogen) atoms. The van der Waals surface area contributed by atoms with Crippen LogP contribution in [0.5, 0.6) is 0 Å². The van der Waals surface area contributed by atoms with Gasteiger partial charge in [-0.1, -0.05) is 5.57 Å². The first kappa shape index (κ1) is 12.9. The fourth-order valence-corrected chi connectivity index (χ4v) is 1.94. The molecule has 0 amide bonds. The number of aromatic nitrogens is 1. The highest BCUT2D eigenvalue weighted by Crippen LogP contribution is 2.21. The van der Waals surface area contributed by atoms with E-state index in [4.69, 9.17) is 0 Å². The average molecular weight is 218 g/mol. The number of hydrogen-bond donors (Lipinski definition) is 1. The lowest BCUT2D eigenvalue weighted by Crippen LogP contribution is -2.17. The maximum atomic E-state index is 4.40. The van der Waals surface area contributed by atoms with Crippen molar-refractivity contribution in [2.75, 3.05) is 7.05 Å². The minimum atomic E-state index is 0.400. The zero-order valence-corrected chi connectivity index (χ0v) is 10.8. The molecule has 0 saturated heterocycles. The Hall–Kier alpha value is -1.15. The molecule has 88 valence electrons. The van der Waals surface area contributed by atoms with Crippen molar-refractivity contribution in [1.29, 1.82) is 0 Å². The van der Waals surface area contributed by atoms with Gasteiger partial charge >= 0.3 is 0 Å². The first-order valence-corrected chi connectivity index (χ1v) is 5.79. The molecule has 1 heterocycles. The molecule has 2 heteroatoms. The third kappa shape index (κ3) is 3.78. The van der Waals surface area contributed by atoms with Crippen molar-refractivity contribution < 1.29 is 0 Å². The quantitative estimate of drug-likeness (QED) is 0.767. The maximum absolute atomic E-state index is 4.40.